The lowest BCUT2D eigenvalue weighted by molar-refractivity contribution is 0.451. The Kier molecular flexibility index (Phi) is 4.54. The SMILES string of the molecule is C=C(CC(CC)CC)C(C)(C)N. The van der Waals surface area contributed by atoms with Crippen molar-refractivity contribution in [3.63, 3.8) is 0 Å². The highest BCUT2D eigenvalue weighted by Crippen LogP contribution is 2.23. The molecule has 0 aromatic heterocycles. The molecule has 0 rings (SSSR count). The minimum absolute atomic E-state index is 0.206. The lowest BCUT2D eigenvalue weighted by Crippen LogP contribution is -2.34. The van der Waals surface area contributed by atoms with Crippen LogP contribution in [0.1, 0.15) is 47.0 Å². The van der Waals surface area contributed by atoms with E-state index < -0.39 is 0 Å². The minimum atomic E-state index is -0.206. The molecule has 0 aliphatic heterocycles. The van der Waals surface area contributed by atoms with Crippen molar-refractivity contribution in [1.82, 2.24) is 0 Å². The van der Waals surface area contributed by atoms with Gasteiger partial charge in [0.25, 0.3) is 0 Å². The van der Waals surface area contributed by atoms with E-state index in [2.05, 4.69) is 20.4 Å². The van der Waals surface area contributed by atoms with Gasteiger partial charge in [-0.15, -0.1) is 0 Å². The Balaban J connectivity index is 3.99. The average Bonchev–Trinajstić information content (AvgIpc) is 1.97. The molecule has 0 bridgehead atoms. The van der Waals surface area contributed by atoms with E-state index >= 15 is 0 Å². The third-order valence-corrected chi connectivity index (χ3v) is 2.60. The van der Waals surface area contributed by atoms with Crippen molar-refractivity contribution in [3.05, 3.63) is 12.2 Å². The Labute approximate surface area is 77.0 Å². The van der Waals surface area contributed by atoms with Gasteiger partial charge in [-0.25, -0.2) is 0 Å². The van der Waals surface area contributed by atoms with Crippen molar-refractivity contribution < 1.29 is 0 Å². The predicted molar refractivity (Wildman–Crippen MR) is 56.1 cm³/mol. The molecule has 0 aliphatic carbocycles. The zero-order valence-corrected chi connectivity index (χ0v) is 8.98. The molecule has 0 aromatic carbocycles. The van der Waals surface area contributed by atoms with Gasteiger partial charge in [-0.05, 0) is 26.2 Å². The van der Waals surface area contributed by atoms with Crippen molar-refractivity contribution in [2.45, 2.75) is 52.5 Å². The van der Waals surface area contributed by atoms with Crippen molar-refractivity contribution in [2.75, 3.05) is 0 Å². The first-order chi connectivity index (χ1) is 5.41. The van der Waals surface area contributed by atoms with Gasteiger partial charge in [-0.3, -0.25) is 0 Å². The van der Waals surface area contributed by atoms with Crippen LogP contribution < -0.4 is 5.73 Å². The molecule has 0 aliphatic rings. The monoisotopic (exact) mass is 169 g/mol. The van der Waals surface area contributed by atoms with Gasteiger partial charge in [0.2, 0.25) is 0 Å². The highest BCUT2D eigenvalue weighted by molar-refractivity contribution is 5.11. The van der Waals surface area contributed by atoms with Crippen molar-refractivity contribution >= 4 is 0 Å². The van der Waals surface area contributed by atoms with E-state index in [9.17, 15) is 0 Å². The molecule has 0 amide bonds. The maximum Gasteiger partial charge on any atom is 0.0308 e. The Hall–Kier alpha value is -0.300. The lowest BCUT2D eigenvalue weighted by atomic mass is 9.86. The lowest BCUT2D eigenvalue weighted by Gasteiger charge is -2.25. The molecule has 0 radical (unpaired) electrons. The molecule has 0 saturated heterocycles. The number of nitrogens with two attached hydrogens (primary N) is 1. The fourth-order valence-electron chi connectivity index (χ4n) is 1.19. The largest absolute Gasteiger partial charge is 0.322 e. The molecule has 0 heterocycles. The maximum absolute atomic E-state index is 5.94. The zero-order chi connectivity index (χ0) is 9.78. The number of hydrogen-bond acceptors (Lipinski definition) is 1. The van der Waals surface area contributed by atoms with E-state index in [1.54, 1.807) is 0 Å². The summed E-state index contributed by atoms with van der Waals surface area (Å²) in [5.41, 5.74) is 6.91. The highest BCUT2D eigenvalue weighted by atomic mass is 14.7. The van der Waals surface area contributed by atoms with Crippen molar-refractivity contribution in [3.8, 4) is 0 Å². The summed E-state index contributed by atoms with van der Waals surface area (Å²) in [6.07, 6.45) is 3.54. The van der Waals surface area contributed by atoms with E-state index in [1.165, 1.54) is 18.4 Å². The molecule has 0 aromatic rings. The summed E-state index contributed by atoms with van der Waals surface area (Å²) >= 11 is 0. The molecule has 0 spiro atoms. The van der Waals surface area contributed by atoms with E-state index in [0.717, 1.165) is 12.3 Å². The van der Waals surface area contributed by atoms with Crippen LogP contribution in [0.15, 0.2) is 12.2 Å². The molecule has 12 heavy (non-hydrogen) atoms. The molecule has 72 valence electrons. The fraction of sp³-hybridized carbons (Fsp3) is 0.818. The van der Waals surface area contributed by atoms with Crippen LogP contribution in [0, 0.1) is 5.92 Å². The molecular formula is C11H23N. The van der Waals surface area contributed by atoms with Crippen molar-refractivity contribution in [1.29, 1.82) is 0 Å². The Morgan fingerprint density at radius 1 is 1.33 bits per heavy atom. The molecule has 0 saturated carbocycles. The summed E-state index contributed by atoms with van der Waals surface area (Å²) in [4.78, 5) is 0. The molecule has 1 heteroatoms. The van der Waals surface area contributed by atoms with Gasteiger partial charge in [-0.1, -0.05) is 38.8 Å². The Morgan fingerprint density at radius 3 is 2.00 bits per heavy atom. The third kappa shape index (κ3) is 3.91. The first-order valence-corrected chi connectivity index (χ1v) is 4.88. The van der Waals surface area contributed by atoms with Crippen LogP contribution in [0.25, 0.3) is 0 Å². The minimum Gasteiger partial charge on any atom is -0.322 e. The highest BCUT2D eigenvalue weighted by Gasteiger charge is 2.17. The van der Waals surface area contributed by atoms with Crippen LogP contribution >= 0.6 is 0 Å². The average molecular weight is 169 g/mol. The zero-order valence-electron chi connectivity index (χ0n) is 8.98. The molecule has 0 fully saturated rings. The van der Waals surface area contributed by atoms with Gasteiger partial charge in [0.15, 0.2) is 0 Å². The van der Waals surface area contributed by atoms with E-state index in [0.29, 0.717) is 0 Å². The molecule has 0 unspecified atom stereocenters. The van der Waals surface area contributed by atoms with Crippen LogP contribution in [0.3, 0.4) is 0 Å². The van der Waals surface area contributed by atoms with Gasteiger partial charge in [0.05, 0.1) is 0 Å². The van der Waals surface area contributed by atoms with Crippen molar-refractivity contribution in [2.24, 2.45) is 11.7 Å². The Morgan fingerprint density at radius 2 is 1.75 bits per heavy atom. The van der Waals surface area contributed by atoms with Crippen LogP contribution in [0.4, 0.5) is 0 Å². The van der Waals surface area contributed by atoms with E-state index in [-0.39, 0.29) is 5.54 Å². The van der Waals surface area contributed by atoms with Crippen LogP contribution in [0.5, 0.6) is 0 Å². The summed E-state index contributed by atoms with van der Waals surface area (Å²) in [5, 5.41) is 0. The Bertz CT molecular complexity index is 138. The topological polar surface area (TPSA) is 26.0 Å². The van der Waals surface area contributed by atoms with Gasteiger partial charge in [0, 0.05) is 5.54 Å². The molecule has 2 N–H and O–H groups in total. The quantitative estimate of drug-likeness (QED) is 0.629. The van der Waals surface area contributed by atoms with Gasteiger partial charge in [0.1, 0.15) is 0 Å². The first-order valence-electron chi connectivity index (χ1n) is 4.88. The van der Waals surface area contributed by atoms with Crippen LogP contribution in [-0.4, -0.2) is 5.54 Å². The summed E-state index contributed by atoms with van der Waals surface area (Å²) in [6.45, 7) is 12.5. The molecule has 0 atom stereocenters. The fourth-order valence-corrected chi connectivity index (χ4v) is 1.19. The summed E-state index contributed by atoms with van der Waals surface area (Å²) < 4.78 is 0. The standard InChI is InChI=1S/C11H23N/c1-6-10(7-2)8-9(3)11(4,5)12/h10H,3,6-8,12H2,1-2,4-5H3. The second-order valence-electron chi connectivity index (χ2n) is 4.21. The smallest absolute Gasteiger partial charge is 0.0308 e. The predicted octanol–water partition coefficient (Wildman–Crippen LogP) is 3.11. The second kappa shape index (κ2) is 4.66. The van der Waals surface area contributed by atoms with Gasteiger partial charge >= 0.3 is 0 Å². The van der Waals surface area contributed by atoms with E-state index in [1.807, 2.05) is 13.8 Å². The second-order valence-corrected chi connectivity index (χ2v) is 4.21. The van der Waals surface area contributed by atoms with Crippen LogP contribution in [-0.2, 0) is 0 Å². The molecular weight excluding hydrogens is 146 g/mol. The van der Waals surface area contributed by atoms with Gasteiger partial charge in [-0.2, -0.15) is 0 Å². The maximum atomic E-state index is 5.94. The normalized spacial score (nSPS) is 12.2. The van der Waals surface area contributed by atoms with Crippen LogP contribution in [0.2, 0.25) is 0 Å². The first kappa shape index (κ1) is 11.7. The third-order valence-electron chi connectivity index (χ3n) is 2.60. The number of rotatable bonds is 5. The van der Waals surface area contributed by atoms with E-state index in [4.69, 9.17) is 5.73 Å². The number of hydrogen-bond donors (Lipinski definition) is 1. The summed E-state index contributed by atoms with van der Waals surface area (Å²) in [5.74, 6) is 0.764. The summed E-state index contributed by atoms with van der Waals surface area (Å²) in [6, 6.07) is 0. The molecule has 1 nitrogen and oxygen atoms in total. The van der Waals surface area contributed by atoms with Gasteiger partial charge < -0.3 is 5.73 Å². The summed E-state index contributed by atoms with van der Waals surface area (Å²) in [7, 11) is 0.